The van der Waals surface area contributed by atoms with E-state index in [-0.39, 0.29) is 12.5 Å². The van der Waals surface area contributed by atoms with Gasteiger partial charge in [0, 0.05) is 23.4 Å². The second-order valence-electron chi connectivity index (χ2n) is 5.61. The molecule has 0 radical (unpaired) electrons. The fourth-order valence-corrected chi connectivity index (χ4v) is 2.43. The molecule has 4 nitrogen and oxygen atoms in total. The molecule has 0 spiro atoms. The first-order chi connectivity index (χ1) is 11.4. The van der Waals surface area contributed by atoms with Crippen molar-refractivity contribution in [3.63, 3.8) is 0 Å². The quantitative estimate of drug-likeness (QED) is 0.800. The highest BCUT2D eigenvalue weighted by atomic mass is 35.5. The Bertz CT molecular complexity index is 746. The molecule has 2 N–H and O–H groups in total. The van der Waals surface area contributed by atoms with Gasteiger partial charge in [-0.2, -0.15) is 0 Å². The minimum absolute atomic E-state index is 0.131. The van der Waals surface area contributed by atoms with Crippen LogP contribution in [0.2, 0.25) is 5.02 Å². The molecule has 2 aromatic rings. The lowest BCUT2D eigenvalue weighted by molar-refractivity contribution is -0.116. The number of hydrogen-bond acceptors (Lipinski definition) is 2. The molecule has 126 valence electrons. The number of nitrogens with one attached hydrogen (secondary N) is 2. The Morgan fingerprint density at radius 3 is 2.46 bits per heavy atom. The first-order valence-corrected chi connectivity index (χ1v) is 8.29. The van der Waals surface area contributed by atoms with Gasteiger partial charge in [0.05, 0.1) is 6.54 Å². The van der Waals surface area contributed by atoms with Crippen molar-refractivity contribution in [3.8, 4) is 0 Å². The van der Waals surface area contributed by atoms with Gasteiger partial charge in [-0.15, -0.1) is 0 Å². The van der Waals surface area contributed by atoms with E-state index in [0.717, 1.165) is 22.5 Å². The first-order valence-electron chi connectivity index (χ1n) is 7.50. The molecule has 0 bridgehead atoms. The van der Waals surface area contributed by atoms with Crippen LogP contribution in [-0.2, 0) is 4.79 Å². The fraction of sp³-hybridized carbons (Fsp3) is 0.222. The summed E-state index contributed by atoms with van der Waals surface area (Å²) in [5.74, 6) is -0.131. The summed E-state index contributed by atoms with van der Waals surface area (Å²) >= 11 is 11.5. The summed E-state index contributed by atoms with van der Waals surface area (Å²) in [5.41, 5.74) is 3.66. The van der Waals surface area contributed by atoms with Gasteiger partial charge >= 0.3 is 0 Å². The number of carbonyl (C=O) groups is 1. The molecule has 0 saturated heterocycles. The molecule has 0 aliphatic rings. The largest absolute Gasteiger partial charge is 0.343 e. The molecule has 2 aromatic carbocycles. The van der Waals surface area contributed by atoms with Crippen LogP contribution in [-0.4, -0.2) is 29.5 Å². The van der Waals surface area contributed by atoms with Crippen molar-refractivity contribution in [3.05, 3.63) is 58.6 Å². The predicted octanol–water partition coefficient (Wildman–Crippen LogP) is 4.22. The molecule has 1 amide bonds. The number of amides is 1. The number of hydrogen-bond donors (Lipinski definition) is 2. The van der Waals surface area contributed by atoms with Crippen molar-refractivity contribution < 1.29 is 4.79 Å². The van der Waals surface area contributed by atoms with Gasteiger partial charge in [-0.25, -0.2) is 0 Å². The number of carbonyl (C=O) groups excluding carboxylic acids is 1. The summed E-state index contributed by atoms with van der Waals surface area (Å²) in [7, 11) is 1.77. The van der Waals surface area contributed by atoms with Crippen LogP contribution in [0.1, 0.15) is 11.1 Å². The zero-order valence-electron chi connectivity index (χ0n) is 13.9. The molecule has 0 saturated carbocycles. The number of anilines is 2. The highest BCUT2D eigenvalue weighted by Gasteiger charge is 2.11. The van der Waals surface area contributed by atoms with Gasteiger partial charge in [0.15, 0.2) is 5.11 Å². The van der Waals surface area contributed by atoms with Crippen molar-refractivity contribution >= 4 is 46.2 Å². The molecular formula is C18H20ClN3OS. The van der Waals surface area contributed by atoms with Gasteiger partial charge in [0.1, 0.15) is 0 Å². The van der Waals surface area contributed by atoms with E-state index in [9.17, 15) is 4.79 Å². The minimum Gasteiger partial charge on any atom is -0.343 e. The van der Waals surface area contributed by atoms with Crippen molar-refractivity contribution in [2.75, 3.05) is 24.2 Å². The molecule has 0 atom stereocenters. The van der Waals surface area contributed by atoms with Gasteiger partial charge < -0.3 is 15.5 Å². The molecule has 0 unspecified atom stereocenters. The highest BCUT2D eigenvalue weighted by molar-refractivity contribution is 7.80. The monoisotopic (exact) mass is 361 g/mol. The number of rotatable bonds is 4. The maximum Gasteiger partial charge on any atom is 0.243 e. The molecule has 0 fully saturated rings. The highest BCUT2D eigenvalue weighted by Crippen LogP contribution is 2.23. The maximum absolute atomic E-state index is 12.1. The Balaban J connectivity index is 1.92. The molecule has 6 heteroatoms. The van der Waals surface area contributed by atoms with E-state index in [1.54, 1.807) is 11.9 Å². The standard InChI is InChI=1S/C18H20ClN3OS/c1-12-7-9-14(10-8-12)20-17(23)11-22(3)18(24)21-16-6-4-5-15(19)13(16)2/h4-10H,11H2,1-3H3,(H,20,23)(H,21,24). The van der Waals surface area contributed by atoms with Gasteiger partial charge in [0.2, 0.25) is 5.91 Å². The van der Waals surface area contributed by atoms with Crippen LogP contribution in [0.15, 0.2) is 42.5 Å². The third kappa shape index (κ3) is 4.94. The van der Waals surface area contributed by atoms with Crippen LogP contribution in [0, 0.1) is 13.8 Å². The van der Waals surface area contributed by atoms with Gasteiger partial charge in [-0.1, -0.05) is 35.4 Å². The van der Waals surface area contributed by atoms with Crippen LogP contribution < -0.4 is 10.6 Å². The summed E-state index contributed by atoms with van der Waals surface area (Å²) in [6.45, 7) is 4.07. The molecule has 2 rings (SSSR count). The second kappa shape index (κ2) is 8.13. The average molecular weight is 362 g/mol. The Labute approximate surface area is 152 Å². The van der Waals surface area contributed by atoms with Crippen LogP contribution in [0.25, 0.3) is 0 Å². The topological polar surface area (TPSA) is 44.4 Å². The first kappa shape index (κ1) is 18.2. The van der Waals surface area contributed by atoms with Crippen LogP contribution in [0.5, 0.6) is 0 Å². The molecule has 24 heavy (non-hydrogen) atoms. The number of nitrogens with zero attached hydrogens (tertiary/aromatic N) is 1. The molecular weight excluding hydrogens is 342 g/mol. The Kier molecular flexibility index (Phi) is 6.17. The van der Waals surface area contributed by atoms with Crippen molar-refractivity contribution in [1.29, 1.82) is 0 Å². The second-order valence-corrected chi connectivity index (χ2v) is 6.41. The zero-order valence-corrected chi connectivity index (χ0v) is 15.5. The number of halogens is 1. The molecule has 0 aromatic heterocycles. The Morgan fingerprint density at radius 1 is 1.12 bits per heavy atom. The third-order valence-corrected chi connectivity index (χ3v) is 4.40. The Hall–Kier alpha value is -2.11. The fourth-order valence-electron chi connectivity index (χ4n) is 2.08. The van der Waals surface area contributed by atoms with E-state index in [0.29, 0.717) is 10.1 Å². The number of aryl methyl sites for hydroxylation is 1. The lowest BCUT2D eigenvalue weighted by Gasteiger charge is -2.21. The summed E-state index contributed by atoms with van der Waals surface area (Å²) in [6.07, 6.45) is 0. The number of likely N-dealkylation sites (N-methyl/N-ethyl adjacent to an activating group) is 1. The number of thiocarbonyl (C=S) groups is 1. The van der Waals surface area contributed by atoms with Gasteiger partial charge in [0.25, 0.3) is 0 Å². The molecule has 0 aliphatic heterocycles. The van der Waals surface area contributed by atoms with Gasteiger partial charge in [-0.3, -0.25) is 4.79 Å². The van der Waals surface area contributed by atoms with E-state index in [4.69, 9.17) is 23.8 Å². The normalized spacial score (nSPS) is 10.2. The van der Waals surface area contributed by atoms with E-state index >= 15 is 0 Å². The lowest BCUT2D eigenvalue weighted by atomic mass is 10.2. The smallest absolute Gasteiger partial charge is 0.243 e. The predicted molar refractivity (Wildman–Crippen MR) is 105 cm³/mol. The van der Waals surface area contributed by atoms with Crippen LogP contribution >= 0.6 is 23.8 Å². The van der Waals surface area contributed by atoms with Crippen molar-refractivity contribution in [1.82, 2.24) is 4.90 Å². The summed E-state index contributed by atoms with van der Waals surface area (Å²) in [4.78, 5) is 13.8. The molecule has 0 aliphatic carbocycles. The van der Waals surface area contributed by atoms with E-state index in [1.807, 2.05) is 56.3 Å². The van der Waals surface area contributed by atoms with Crippen molar-refractivity contribution in [2.45, 2.75) is 13.8 Å². The van der Waals surface area contributed by atoms with Crippen LogP contribution in [0.4, 0.5) is 11.4 Å². The van der Waals surface area contributed by atoms with E-state index in [1.165, 1.54) is 0 Å². The van der Waals surface area contributed by atoms with E-state index in [2.05, 4.69) is 10.6 Å². The van der Waals surface area contributed by atoms with Gasteiger partial charge in [-0.05, 0) is 55.9 Å². The summed E-state index contributed by atoms with van der Waals surface area (Å²) in [6, 6.07) is 13.2. The average Bonchev–Trinajstić information content (AvgIpc) is 2.54. The Morgan fingerprint density at radius 2 is 1.79 bits per heavy atom. The SMILES string of the molecule is Cc1ccc(NC(=O)CN(C)C(=S)Nc2cccc(Cl)c2C)cc1. The van der Waals surface area contributed by atoms with Crippen LogP contribution in [0.3, 0.4) is 0 Å². The summed E-state index contributed by atoms with van der Waals surface area (Å²) in [5, 5.41) is 7.10. The minimum atomic E-state index is -0.131. The third-order valence-electron chi connectivity index (χ3n) is 3.57. The van der Waals surface area contributed by atoms with Crippen molar-refractivity contribution in [2.24, 2.45) is 0 Å². The zero-order chi connectivity index (χ0) is 17.7. The number of benzene rings is 2. The maximum atomic E-state index is 12.1. The van der Waals surface area contributed by atoms with E-state index < -0.39 is 0 Å². The lowest BCUT2D eigenvalue weighted by Crippen LogP contribution is -2.37. The molecule has 0 heterocycles. The summed E-state index contributed by atoms with van der Waals surface area (Å²) < 4.78 is 0.